The van der Waals surface area contributed by atoms with Gasteiger partial charge in [-0.1, -0.05) is 23.5 Å². The number of hydrogen-bond acceptors (Lipinski definition) is 6. The molecule has 0 aliphatic carbocycles. The molecule has 1 aliphatic heterocycles. The fraction of sp³-hybridized carbons (Fsp3) is 0.333. The SMILES string of the molecule is COc1ccc(N2CCN(C(=O)CN(C)c3nc4ccccc4s3)CC2)cc1. The summed E-state index contributed by atoms with van der Waals surface area (Å²) >= 11 is 1.62. The van der Waals surface area contributed by atoms with Gasteiger partial charge in [-0.3, -0.25) is 4.79 Å². The number of fused-ring (bicyclic) bond motifs is 1. The highest BCUT2D eigenvalue weighted by Crippen LogP contribution is 2.27. The Morgan fingerprint density at radius 2 is 1.82 bits per heavy atom. The van der Waals surface area contributed by atoms with E-state index in [1.807, 2.05) is 47.2 Å². The number of piperazine rings is 1. The zero-order valence-electron chi connectivity index (χ0n) is 16.2. The highest BCUT2D eigenvalue weighted by molar-refractivity contribution is 7.22. The Kier molecular flexibility index (Phi) is 5.34. The van der Waals surface area contributed by atoms with E-state index in [4.69, 9.17) is 4.74 Å². The second-order valence-electron chi connectivity index (χ2n) is 6.89. The van der Waals surface area contributed by atoms with Gasteiger partial charge in [0, 0.05) is 38.9 Å². The van der Waals surface area contributed by atoms with E-state index in [1.54, 1.807) is 18.4 Å². The Morgan fingerprint density at radius 3 is 2.50 bits per heavy atom. The van der Waals surface area contributed by atoms with E-state index in [1.165, 1.54) is 5.69 Å². The van der Waals surface area contributed by atoms with Gasteiger partial charge in [-0.05, 0) is 36.4 Å². The summed E-state index contributed by atoms with van der Waals surface area (Å²) in [7, 11) is 3.61. The van der Waals surface area contributed by atoms with Gasteiger partial charge >= 0.3 is 0 Å². The summed E-state index contributed by atoms with van der Waals surface area (Å²) in [5, 5.41) is 0.881. The number of ether oxygens (including phenoxy) is 1. The molecule has 0 atom stereocenters. The van der Waals surface area contributed by atoms with Gasteiger partial charge in [-0.25, -0.2) is 4.98 Å². The second-order valence-corrected chi connectivity index (χ2v) is 7.90. The number of nitrogens with zero attached hydrogens (tertiary/aromatic N) is 4. The number of hydrogen-bond donors (Lipinski definition) is 0. The van der Waals surface area contributed by atoms with Crippen LogP contribution in [0.15, 0.2) is 48.5 Å². The lowest BCUT2D eigenvalue weighted by atomic mass is 10.2. The summed E-state index contributed by atoms with van der Waals surface area (Å²) in [4.78, 5) is 23.6. The molecule has 6 nitrogen and oxygen atoms in total. The molecule has 0 radical (unpaired) electrons. The first-order valence-electron chi connectivity index (χ1n) is 9.37. The third-order valence-electron chi connectivity index (χ3n) is 5.05. The molecule has 2 aromatic carbocycles. The molecule has 0 bridgehead atoms. The quantitative estimate of drug-likeness (QED) is 0.663. The largest absolute Gasteiger partial charge is 0.497 e. The van der Waals surface area contributed by atoms with Crippen molar-refractivity contribution in [2.24, 2.45) is 0 Å². The van der Waals surface area contributed by atoms with Crippen LogP contribution in [-0.2, 0) is 4.79 Å². The minimum atomic E-state index is 0.149. The van der Waals surface area contributed by atoms with E-state index in [9.17, 15) is 4.79 Å². The number of benzene rings is 2. The predicted octanol–water partition coefficient (Wildman–Crippen LogP) is 3.09. The fourth-order valence-corrected chi connectivity index (χ4v) is 4.33. The molecule has 1 aliphatic rings. The minimum absolute atomic E-state index is 0.149. The molecule has 0 spiro atoms. The van der Waals surface area contributed by atoms with Crippen LogP contribution in [0, 0.1) is 0 Å². The maximum Gasteiger partial charge on any atom is 0.242 e. The number of likely N-dealkylation sites (N-methyl/N-ethyl adjacent to an activating group) is 1. The van der Waals surface area contributed by atoms with E-state index in [-0.39, 0.29) is 5.91 Å². The number of aromatic nitrogens is 1. The highest BCUT2D eigenvalue weighted by Gasteiger charge is 2.23. The van der Waals surface area contributed by atoms with Gasteiger partial charge in [-0.2, -0.15) is 0 Å². The Hall–Kier alpha value is -2.80. The molecule has 1 amide bonds. The lowest BCUT2D eigenvalue weighted by molar-refractivity contribution is -0.129. The highest BCUT2D eigenvalue weighted by atomic mass is 32.1. The molecular formula is C21H24N4O2S. The summed E-state index contributed by atoms with van der Waals surface area (Å²) in [5.74, 6) is 1.01. The fourth-order valence-electron chi connectivity index (χ4n) is 3.40. The van der Waals surface area contributed by atoms with Crippen molar-refractivity contribution < 1.29 is 9.53 Å². The molecule has 2 heterocycles. The van der Waals surface area contributed by atoms with Crippen molar-refractivity contribution in [1.82, 2.24) is 9.88 Å². The van der Waals surface area contributed by atoms with Crippen molar-refractivity contribution in [3.05, 3.63) is 48.5 Å². The summed E-state index contributed by atoms with van der Waals surface area (Å²) < 4.78 is 6.36. The lowest BCUT2D eigenvalue weighted by Gasteiger charge is -2.36. The molecule has 3 aromatic rings. The zero-order chi connectivity index (χ0) is 19.5. The van der Waals surface area contributed by atoms with Crippen LogP contribution in [0.3, 0.4) is 0 Å². The number of carbonyl (C=O) groups is 1. The van der Waals surface area contributed by atoms with Crippen LogP contribution < -0.4 is 14.5 Å². The third kappa shape index (κ3) is 3.89. The van der Waals surface area contributed by atoms with Crippen LogP contribution in [0.2, 0.25) is 0 Å². The smallest absolute Gasteiger partial charge is 0.242 e. The normalized spacial score (nSPS) is 14.4. The van der Waals surface area contributed by atoms with Gasteiger partial charge in [-0.15, -0.1) is 0 Å². The average molecular weight is 397 g/mol. The monoisotopic (exact) mass is 396 g/mol. The molecule has 1 saturated heterocycles. The maximum atomic E-state index is 12.7. The van der Waals surface area contributed by atoms with Gasteiger partial charge in [0.2, 0.25) is 5.91 Å². The lowest BCUT2D eigenvalue weighted by Crippen LogP contribution is -2.51. The first-order valence-corrected chi connectivity index (χ1v) is 10.2. The van der Waals surface area contributed by atoms with Gasteiger partial charge in [0.15, 0.2) is 5.13 Å². The number of amides is 1. The van der Waals surface area contributed by atoms with Gasteiger partial charge < -0.3 is 19.4 Å². The molecule has 7 heteroatoms. The van der Waals surface area contributed by atoms with E-state index < -0.39 is 0 Å². The number of rotatable bonds is 5. The summed E-state index contributed by atoms with van der Waals surface area (Å²) in [6.45, 7) is 3.49. The molecule has 146 valence electrons. The third-order valence-corrected chi connectivity index (χ3v) is 6.20. The molecule has 1 aromatic heterocycles. The van der Waals surface area contributed by atoms with Gasteiger partial charge in [0.1, 0.15) is 5.75 Å². The van der Waals surface area contributed by atoms with Crippen molar-refractivity contribution in [2.75, 3.05) is 56.7 Å². The van der Waals surface area contributed by atoms with Crippen molar-refractivity contribution in [3.63, 3.8) is 0 Å². The predicted molar refractivity (Wildman–Crippen MR) is 115 cm³/mol. The van der Waals surface area contributed by atoms with Crippen LogP contribution in [0.1, 0.15) is 0 Å². The van der Waals surface area contributed by atoms with Crippen molar-refractivity contribution in [3.8, 4) is 5.75 Å². The molecule has 0 saturated carbocycles. The van der Waals surface area contributed by atoms with Crippen LogP contribution in [0.5, 0.6) is 5.75 Å². The minimum Gasteiger partial charge on any atom is -0.497 e. The molecule has 28 heavy (non-hydrogen) atoms. The van der Waals surface area contributed by atoms with Gasteiger partial charge in [0.05, 0.1) is 23.9 Å². The first-order chi connectivity index (χ1) is 13.6. The number of carbonyl (C=O) groups excluding carboxylic acids is 1. The molecule has 1 fully saturated rings. The molecule has 0 N–H and O–H groups in total. The van der Waals surface area contributed by atoms with E-state index in [0.717, 1.165) is 47.3 Å². The van der Waals surface area contributed by atoms with E-state index in [0.29, 0.717) is 6.54 Å². The Balaban J connectivity index is 1.33. The molecule has 0 unspecified atom stereocenters. The van der Waals surface area contributed by atoms with Gasteiger partial charge in [0.25, 0.3) is 0 Å². The van der Waals surface area contributed by atoms with Crippen LogP contribution in [0.4, 0.5) is 10.8 Å². The Bertz CT molecular complexity index is 915. The molecular weight excluding hydrogens is 372 g/mol. The summed E-state index contributed by atoms with van der Waals surface area (Å²) in [6.07, 6.45) is 0. The van der Waals surface area contributed by atoms with Crippen molar-refractivity contribution >= 4 is 38.3 Å². The van der Waals surface area contributed by atoms with Crippen LogP contribution >= 0.6 is 11.3 Å². The standard InChI is InChI=1S/C21H24N4O2S/c1-23(21-22-18-5-3-4-6-19(18)28-21)15-20(26)25-13-11-24(12-14-25)16-7-9-17(27-2)10-8-16/h3-10H,11-15H2,1-2H3. The van der Waals surface area contributed by atoms with Crippen LogP contribution in [0.25, 0.3) is 10.2 Å². The van der Waals surface area contributed by atoms with Crippen molar-refractivity contribution in [2.45, 2.75) is 0 Å². The Morgan fingerprint density at radius 1 is 1.11 bits per heavy atom. The Labute approximate surface area is 168 Å². The van der Waals surface area contributed by atoms with Crippen molar-refractivity contribution in [1.29, 1.82) is 0 Å². The average Bonchev–Trinajstić information content (AvgIpc) is 3.18. The second kappa shape index (κ2) is 8.06. The number of para-hydroxylation sites is 1. The summed E-state index contributed by atoms with van der Waals surface area (Å²) in [5.41, 5.74) is 2.15. The van der Waals surface area contributed by atoms with E-state index >= 15 is 0 Å². The van der Waals surface area contributed by atoms with E-state index in [2.05, 4.69) is 28.1 Å². The number of methoxy groups -OCH3 is 1. The number of anilines is 2. The molecule has 4 rings (SSSR count). The number of thiazole rings is 1. The summed E-state index contributed by atoms with van der Waals surface area (Å²) in [6, 6.07) is 16.1. The first kappa shape index (κ1) is 18.6. The zero-order valence-corrected chi connectivity index (χ0v) is 17.0. The van der Waals surface area contributed by atoms with Crippen LogP contribution in [-0.4, -0.2) is 62.7 Å². The topological polar surface area (TPSA) is 48.9 Å². The maximum absolute atomic E-state index is 12.7.